The Bertz CT molecular complexity index is 569. The second-order valence-corrected chi connectivity index (χ2v) is 3.93. The molecule has 0 bridgehead atoms. The van der Waals surface area contributed by atoms with Crippen molar-refractivity contribution in [1.29, 1.82) is 5.26 Å². The van der Waals surface area contributed by atoms with Crippen molar-refractivity contribution in [1.82, 2.24) is 9.97 Å². The number of nitrogens with one attached hydrogen (secondary N) is 1. The second kappa shape index (κ2) is 5.15. The Morgan fingerprint density at radius 3 is 2.39 bits per heavy atom. The SMILES string of the molecule is CN(C)c1ccc(Nc2nccnc2C#N)cc1. The van der Waals surface area contributed by atoms with Gasteiger partial charge in [0, 0.05) is 37.9 Å². The van der Waals surface area contributed by atoms with Crippen molar-refractivity contribution in [2.45, 2.75) is 0 Å². The van der Waals surface area contributed by atoms with Gasteiger partial charge in [-0.3, -0.25) is 0 Å². The maximum absolute atomic E-state index is 8.91. The molecule has 2 aromatic rings. The third-order valence-corrected chi connectivity index (χ3v) is 2.45. The zero-order valence-electron chi connectivity index (χ0n) is 10.3. The van der Waals surface area contributed by atoms with E-state index >= 15 is 0 Å². The first-order valence-electron chi connectivity index (χ1n) is 5.46. The summed E-state index contributed by atoms with van der Waals surface area (Å²) in [5, 5.41) is 12.0. The normalized spacial score (nSPS) is 9.61. The summed E-state index contributed by atoms with van der Waals surface area (Å²) < 4.78 is 0. The molecule has 1 aromatic carbocycles. The molecule has 0 atom stereocenters. The summed E-state index contributed by atoms with van der Waals surface area (Å²) in [7, 11) is 3.97. The molecular weight excluding hydrogens is 226 g/mol. The van der Waals surface area contributed by atoms with E-state index in [1.54, 1.807) is 6.20 Å². The minimum atomic E-state index is 0.286. The van der Waals surface area contributed by atoms with Crippen LogP contribution in [0.5, 0.6) is 0 Å². The van der Waals surface area contributed by atoms with Crippen molar-refractivity contribution in [2.75, 3.05) is 24.3 Å². The monoisotopic (exact) mass is 239 g/mol. The van der Waals surface area contributed by atoms with E-state index in [4.69, 9.17) is 5.26 Å². The Hall–Kier alpha value is -2.61. The third kappa shape index (κ3) is 2.55. The average Bonchev–Trinajstić information content (AvgIpc) is 2.40. The van der Waals surface area contributed by atoms with Crippen LogP contribution in [0.3, 0.4) is 0 Å². The molecule has 0 saturated heterocycles. The number of hydrogen-bond acceptors (Lipinski definition) is 5. The summed E-state index contributed by atoms with van der Waals surface area (Å²) >= 11 is 0. The molecule has 1 N–H and O–H groups in total. The van der Waals surface area contributed by atoms with Crippen LogP contribution >= 0.6 is 0 Å². The highest BCUT2D eigenvalue weighted by atomic mass is 15.1. The van der Waals surface area contributed by atoms with E-state index in [-0.39, 0.29) is 5.69 Å². The van der Waals surface area contributed by atoms with Crippen LogP contribution in [0.25, 0.3) is 0 Å². The van der Waals surface area contributed by atoms with Gasteiger partial charge in [-0.15, -0.1) is 0 Å². The van der Waals surface area contributed by atoms with E-state index in [9.17, 15) is 0 Å². The van der Waals surface area contributed by atoms with Crippen LogP contribution in [-0.4, -0.2) is 24.1 Å². The van der Waals surface area contributed by atoms with Gasteiger partial charge < -0.3 is 10.2 Å². The standard InChI is InChI=1S/C13H13N5/c1-18(2)11-5-3-10(4-6-11)17-13-12(9-14)15-7-8-16-13/h3-8H,1-2H3,(H,16,17). The summed E-state index contributed by atoms with van der Waals surface area (Å²) in [6.45, 7) is 0. The molecule has 0 amide bonds. The minimum absolute atomic E-state index is 0.286. The van der Waals surface area contributed by atoms with Gasteiger partial charge in [0.15, 0.2) is 11.5 Å². The van der Waals surface area contributed by atoms with E-state index in [1.807, 2.05) is 49.3 Å². The van der Waals surface area contributed by atoms with Gasteiger partial charge in [0.1, 0.15) is 6.07 Å². The lowest BCUT2D eigenvalue weighted by Gasteiger charge is -2.13. The molecule has 90 valence electrons. The highest BCUT2D eigenvalue weighted by Crippen LogP contribution is 2.19. The van der Waals surface area contributed by atoms with Crippen molar-refractivity contribution in [3.63, 3.8) is 0 Å². The lowest BCUT2D eigenvalue weighted by molar-refractivity contribution is 1.13. The molecule has 5 heteroatoms. The Kier molecular flexibility index (Phi) is 3.39. The maximum Gasteiger partial charge on any atom is 0.183 e. The maximum atomic E-state index is 8.91. The van der Waals surface area contributed by atoms with E-state index in [0.717, 1.165) is 11.4 Å². The smallest absolute Gasteiger partial charge is 0.183 e. The fraction of sp³-hybridized carbons (Fsp3) is 0.154. The molecule has 0 spiro atoms. The van der Waals surface area contributed by atoms with Gasteiger partial charge in [-0.1, -0.05) is 0 Å². The molecule has 5 nitrogen and oxygen atoms in total. The number of hydrogen-bond donors (Lipinski definition) is 1. The topological polar surface area (TPSA) is 64.8 Å². The first-order chi connectivity index (χ1) is 8.70. The molecule has 0 aliphatic heterocycles. The quantitative estimate of drug-likeness (QED) is 0.889. The van der Waals surface area contributed by atoms with Crippen LogP contribution in [0.2, 0.25) is 0 Å². The van der Waals surface area contributed by atoms with Crippen molar-refractivity contribution in [2.24, 2.45) is 0 Å². The Labute approximate surface area is 106 Å². The van der Waals surface area contributed by atoms with Crippen LogP contribution in [0.15, 0.2) is 36.7 Å². The van der Waals surface area contributed by atoms with Gasteiger partial charge >= 0.3 is 0 Å². The van der Waals surface area contributed by atoms with Gasteiger partial charge in [0.25, 0.3) is 0 Å². The van der Waals surface area contributed by atoms with Crippen molar-refractivity contribution in [3.05, 3.63) is 42.4 Å². The molecule has 2 rings (SSSR count). The Morgan fingerprint density at radius 1 is 1.11 bits per heavy atom. The van der Waals surface area contributed by atoms with Crippen LogP contribution in [0.4, 0.5) is 17.2 Å². The fourth-order valence-corrected chi connectivity index (χ4v) is 1.49. The zero-order valence-corrected chi connectivity index (χ0v) is 10.3. The molecule has 0 unspecified atom stereocenters. The zero-order chi connectivity index (χ0) is 13.0. The van der Waals surface area contributed by atoms with Gasteiger partial charge in [-0.25, -0.2) is 9.97 Å². The largest absolute Gasteiger partial charge is 0.378 e. The van der Waals surface area contributed by atoms with Crippen molar-refractivity contribution in [3.8, 4) is 6.07 Å². The van der Waals surface area contributed by atoms with Gasteiger partial charge in [-0.2, -0.15) is 5.26 Å². The van der Waals surface area contributed by atoms with E-state index in [1.165, 1.54) is 6.20 Å². The van der Waals surface area contributed by atoms with E-state index in [0.29, 0.717) is 5.82 Å². The minimum Gasteiger partial charge on any atom is -0.378 e. The molecule has 18 heavy (non-hydrogen) atoms. The molecular formula is C13H13N5. The predicted molar refractivity (Wildman–Crippen MR) is 70.8 cm³/mol. The Balaban J connectivity index is 2.22. The molecule has 0 aliphatic rings. The summed E-state index contributed by atoms with van der Waals surface area (Å²) in [6, 6.07) is 9.85. The highest BCUT2D eigenvalue weighted by molar-refractivity contribution is 5.63. The van der Waals surface area contributed by atoms with Crippen LogP contribution in [-0.2, 0) is 0 Å². The first kappa shape index (κ1) is 11.9. The highest BCUT2D eigenvalue weighted by Gasteiger charge is 2.04. The van der Waals surface area contributed by atoms with E-state index in [2.05, 4.69) is 15.3 Å². The predicted octanol–water partition coefficient (Wildman–Crippen LogP) is 2.16. The summed E-state index contributed by atoms with van der Waals surface area (Å²) in [6.07, 6.45) is 3.05. The molecule has 0 aliphatic carbocycles. The summed E-state index contributed by atoms with van der Waals surface area (Å²) in [5.74, 6) is 0.470. The number of benzene rings is 1. The van der Waals surface area contributed by atoms with Gasteiger partial charge in [0.05, 0.1) is 0 Å². The lowest BCUT2D eigenvalue weighted by atomic mass is 10.2. The second-order valence-electron chi connectivity index (χ2n) is 3.93. The Morgan fingerprint density at radius 2 is 1.78 bits per heavy atom. The number of anilines is 3. The fourth-order valence-electron chi connectivity index (χ4n) is 1.49. The molecule has 1 heterocycles. The third-order valence-electron chi connectivity index (χ3n) is 2.45. The number of aromatic nitrogens is 2. The van der Waals surface area contributed by atoms with Crippen LogP contribution < -0.4 is 10.2 Å². The summed E-state index contributed by atoms with van der Waals surface area (Å²) in [5.41, 5.74) is 2.27. The van der Waals surface area contributed by atoms with Crippen molar-refractivity contribution < 1.29 is 0 Å². The lowest BCUT2D eigenvalue weighted by Crippen LogP contribution is -2.08. The first-order valence-corrected chi connectivity index (χ1v) is 5.46. The molecule has 0 saturated carbocycles. The summed E-state index contributed by atoms with van der Waals surface area (Å²) in [4.78, 5) is 10.1. The average molecular weight is 239 g/mol. The van der Waals surface area contributed by atoms with Crippen LogP contribution in [0.1, 0.15) is 5.69 Å². The number of nitriles is 1. The van der Waals surface area contributed by atoms with Crippen molar-refractivity contribution >= 4 is 17.2 Å². The molecule has 0 fully saturated rings. The molecule has 0 radical (unpaired) electrons. The number of nitrogens with zero attached hydrogens (tertiary/aromatic N) is 4. The number of rotatable bonds is 3. The van der Waals surface area contributed by atoms with Gasteiger partial charge in [-0.05, 0) is 24.3 Å². The van der Waals surface area contributed by atoms with Crippen LogP contribution in [0, 0.1) is 11.3 Å². The van der Waals surface area contributed by atoms with Gasteiger partial charge in [0.2, 0.25) is 0 Å². The van der Waals surface area contributed by atoms with E-state index < -0.39 is 0 Å². The molecule has 1 aromatic heterocycles.